The number of hydrogen-bond donors (Lipinski definition) is 1. The highest BCUT2D eigenvalue weighted by atomic mass is 35.5. The molecule has 0 aliphatic heterocycles. The van der Waals surface area contributed by atoms with Gasteiger partial charge in [0.25, 0.3) is 0 Å². The largest absolute Gasteiger partial charge is 0.358 e. The van der Waals surface area contributed by atoms with Crippen LogP contribution >= 0.6 is 22.9 Å². The summed E-state index contributed by atoms with van der Waals surface area (Å²) in [7, 11) is 4.13. The van der Waals surface area contributed by atoms with Crippen molar-refractivity contribution in [3.63, 3.8) is 0 Å². The molecule has 0 bridgehead atoms. The Balaban J connectivity index is 2.14. The number of rotatable bonds is 4. The molecule has 2 aromatic rings. The van der Waals surface area contributed by atoms with E-state index in [4.69, 9.17) is 11.6 Å². The minimum Gasteiger partial charge on any atom is -0.358 e. The molecular weight excluding hydrogens is 254 g/mol. The zero-order valence-electron chi connectivity index (χ0n) is 10.2. The average Bonchev–Trinajstić information content (AvgIpc) is 2.57. The fourth-order valence-electron chi connectivity index (χ4n) is 1.76. The number of hydrogen-bond acceptors (Lipinski definition) is 4. The molecule has 1 aromatic heterocycles. The highest BCUT2D eigenvalue weighted by molar-refractivity contribution is 7.22. The van der Waals surface area contributed by atoms with E-state index < -0.39 is 0 Å². The molecule has 1 heterocycles. The third-order valence-corrected chi connectivity index (χ3v) is 3.54. The van der Waals surface area contributed by atoms with Crippen LogP contribution in [0.2, 0.25) is 5.02 Å². The molecule has 17 heavy (non-hydrogen) atoms. The SMILES string of the molecule is CC(CN(C)C)Nc1nc2ccc(Cl)cc2s1. The fraction of sp³-hybridized carbons (Fsp3) is 0.417. The smallest absolute Gasteiger partial charge is 0.184 e. The van der Waals surface area contributed by atoms with E-state index in [1.165, 1.54) is 0 Å². The van der Waals surface area contributed by atoms with E-state index in [2.05, 4.69) is 36.2 Å². The minimum atomic E-state index is 0.376. The molecule has 3 nitrogen and oxygen atoms in total. The summed E-state index contributed by atoms with van der Waals surface area (Å²) in [5.41, 5.74) is 0.999. The number of fused-ring (bicyclic) bond motifs is 1. The van der Waals surface area contributed by atoms with Gasteiger partial charge in [0.05, 0.1) is 10.2 Å². The van der Waals surface area contributed by atoms with Crippen LogP contribution in [0.3, 0.4) is 0 Å². The number of thiazole rings is 1. The Hall–Kier alpha value is -0.840. The molecule has 0 fully saturated rings. The van der Waals surface area contributed by atoms with Crippen LogP contribution in [0, 0.1) is 0 Å². The number of nitrogens with zero attached hydrogens (tertiary/aromatic N) is 2. The monoisotopic (exact) mass is 269 g/mol. The molecule has 0 aliphatic carbocycles. The Morgan fingerprint density at radius 1 is 1.47 bits per heavy atom. The van der Waals surface area contributed by atoms with E-state index in [0.717, 1.165) is 26.9 Å². The van der Waals surface area contributed by atoms with Crippen molar-refractivity contribution in [2.24, 2.45) is 0 Å². The lowest BCUT2D eigenvalue weighted by Gasteiger charge is -2.17. The lowest BCUT2D eigenvalue weighted by Crippen LogP contribution is -2.29. The van der Waals surface area contributed by atoms with Crippen molar-refractivity contribution in [1.29, 1.82) is 0 Å². The summed E-state index contributed by atoms with van der Waals surface area (Å²) in [6, 6.07) is 6.16. The van der Waals surface area contributed by atoms with Gasteiger partial charge in [-0.1, -0.05) is 22.9 Å². The van der Waals surface area contributed by atoms with Crippen molar-refractivity contribution in [2.45, 2.75) is 13.0 Å². The van der Waals surface area contributed by atoms with E-state index in [9.17, 15) is 0 Å². The van der Waals surface area contributed by atoms with Gasteiger partial charge in [-0.05, 0) is 39.2 Å². The lowest BCUT2D eigenvalue weighted by molar-refractivity contribution is 0.392. The molecule has 0 spiro atoms. The van der Waals surface area contributed by atoms with Gasteiger partial charge in [-0.15, -0.1) is 0 Å². The highest BCUT2D eigenvalue weighted by Crippen LogP contribution is 2.28. The molecule has 1 unspecified atom stereocenters. The number of halogens is 1. The van der Waals surface area contributed by atoms with Gasteiger partial charge in [0, 0.05) is 17.6 Å². The van der Waals surface area contributed by atoms with Crippen molar-refractivity contribution >= 4 is 38.3 Å². The molecule has 1 atom stereocenters. The van der Waals surface area contributed by atoms with Crippen LogP contribution in [0.1, 0.15) is 6.92 Å². The first-order valence-corrected chi connectivity index (χ1v) is 6.71. The van der Waals surface area contributed by atoms with Gasteiger partial charge in [0.2, 0.25) is 0 Å². The molecular formula is C12H16ClN3S. The molecule has 0 aliphatic rings. The van der Waals surface area contributed by atoms with Gasteiger partial charge in [0.1, 0.15) is 0 Å². The van der Waals surface area contributed by atoms with Crippen molar-refractivity contribution in [2.75, 3.05) is 26.0 Å². The molecule has 1 aromatic carbocycles. The Morgan fingerprint density at radius 3 is 2.94 bits per heavy atom. The van der Waals surface area contributed by atoms with Crippen molar-refractivity contribution < 1.29 is 0 Å². The van der Waals surface area contributed by atoms with Crippen molar-refractivity contribution in [1.82, 2.24) is 9.88 Å². The number of benzene rings is 1. The standard InChI is InChI=1S/C12H16ClN3S/c1-8(7-16(2)3)14-12-15-10-5-4-9(13)6-11(10)17-12/h4-6,8H,7H2,1-3H3,(H,14,15). The Bertz CT molecular complexity index is 509. The second kappa shape index (κ2) is 5.21. The molecule has 1 N–H and O–H groups in total. The quantitative estimate of drug-likeness (QED) is 0.923. The predicted molar refractivity (Wildman–Crippen MR) is 76.3 cm³/mol. The van der Waals surface area contributed by atoms with Crippen molar-refractivity contribution in [3.05, 3.63) is 23.2 Å². The van der Waals surface area contributed by atoms with Crippen LogP contribution < -0.4 is 5.32 Å². The van der Waals surface area contributed by atoms with Gasteiger partial charge in [-0.3, -0.25) is 0 Å². The van der Waals surface area contributed by atoms with E-state index in [1.807, 2.05) is 18.2 Å². The summed E-state index contributed by atoms with van der Waals surface area (Å²) in [6.45, 7) is 3.13. The van der Waals surface area contributed by atoms with Gasteiger partial charge in [0.15, 0.2) is 5.13 Å². The second-order valence-electron chi connectivity index (χ2n) is 4.44. The first-order chi connectivity index (χ1) is 8.04. The highest BCUT2D eigenvalue weighted by Gasteiger charge is 2.08. The zero-order valence-corrected chi connectivity index (χ0v) is 11.8. The molecule has 0 saturated carbocycles. The summed E-state index contributed by atoms with van der Waals surface area (Å²) >= 11 is 7.60. The van der Waals surface area contributed by atoms with E-state index in [1.54, 1.807) is 11.3 Å². The first kappa shape index (κ1) is 12.6. The number of nitrogens with one attached hydrogen (secondary N) is 1. The van der Waals surface area contributed by atoms with Crippen LogP contribution in [0.4, 0.5) is 5.13 Å². The maximum Gasteiger partial charge on any atom is 0.184 e. The van der Waals surface area contributed by atoms with E-state index >= 15 is 0 Å². The topological polar surface area (TPSA) is 28.2 Å². The molecule has 0 saturated heterocycles. The van der Waals surface area contributed by atoms with Crippen LogP contribution in [-0.2, 0) is 0 Å². The lowest BCUT2D eigenvalue weighted by atomic mass is 10.3. The van der Waals surface area contributed by atoms with E-state index in [0.29, 0.717) is 6.04 Å². The third-order valence-electron chi connectivity index (χ3n) is 2.36. The molecule has 5 heteroatoms. The Morgan fingerprint density at radius 2 is 2.24 bits per heavy atom. The summed E-state index contributed by atoms with van der Waals surface area (Å²) in [4.78, 5) is 6.69. The third kappa shape index (κ3) is 3.31. The predicted octanol–water partition coefficient (Wildman–Crippen LogP) is 3.31. The zero-order chi connectivity index (χ0) is 12.4. The van der Waals surface area contributed by atoms with Gasteiger partial charge in [-0.25, -0.2) is 4.98 Å². The summed E-state index contributed by atoms with van der Waals surface area (Å²) < 4.78 is 1.12. The minimum absolute atomic E-state index is 0.376. The first-order valence-electron chi connectivity index (χ1n) is 5.52. The molecule has 2 rings (SSSR count). The molecule has 92 valence electrons. The van der Waals surface area contributed by atoms with Crippen LogP contribution in [0.25, 0.3) is 10.2 Å². The summed E-state index contributed by atoms with van der Waals surface area (Å²) in [5, 5.41) is 5.12. The number of likely N-dealkylation sites (N-methyl/N-ethyl adjacent to an activating group) is 1. The maximum absolute atomic E-state index is 5.95. The normalized spacial score (nSPS) is 13.2. The maximum atomic E-state index is 5.95. The van der Waals surface area contributed by atoms with Crippen LogP contribution in [0.15, 0.2) is 18.2 Å². The average molecular weight is 270 g/mol. The van der Waals surface area contributed by atoms with Gasteiger partial charge >= 0.3 is 0 Å². The summed E-state index contributed by atoms with van der Waals surface area (Å²) in [5.74, 6) is 0. The van der Waals surface area contributed by atoms with Crippen molar-refractivity contribution in [3.8, 4) is 0 Å². The van der Waals surface area contributed by atoms with Crippen LogP contribution in [0.5, 0.6) is 0 Å². The summed E-state index contributed by atoms with van der Waals surface area (Å²) in [6.07, 6.45) is 0. The number of aromatic nitrogens is 1. The van der Waals surface area contributed by atoms with Crippen LogP contribution in [-0.4, -0.2) is 36.6 Å². The molecule has 0 amide bonds. The molecule has 0 radical (unpaired) electrons. The van der Waals surface area contributed by atoms with Gasteiger partial charge < -0.3 is 10.2 Å². The fourth-order valence-corrected chi connectivity index (χ4v) is 3.02. The number of anilines is 1. The second-order valence-corrected chi connectivity index (χ2v) is 5.91. The Labute approximate surface area is 110 Å². The Kier molecular flexibility index (Phi) is 3.86. The van der Waals surface area contributed by atoms with Gasteiger partial charge in [-0.2, -0.15) is 0 Å². The van der Waals surface area contributed by atoms with E-state index in [-0.39, 0.29) is 0 Å².